The largest absolute Gasteiger partial charge is 0.590 e. The van der Waals surface area contributed by atoms with Gasteiger partial charge in [-0.05, 0) is 36.4 Å². The fraction of sp³-hybridized carbons (Fsp3) is 0.0500. The molecule has 9 heteroatoms. The number of thiol groups is 1. The van der Waals surface area contributed by atoms with Crippen LogP contribution in [-0.4, -0.2) is 34.0 Å². The molecule has 7 nitrogen and oxygen atoms in total. The molecule has 0 spiro atoms. The predicted octanol–water partition coefficient (Wildman–Crippen LogP) is 2.57. The molecular formula is C20H23CoN4O3S+. The van der Waals surface area contributed by atoms with Crippen LogP contribution < -0.4 is 10.1 Å². The first kappa shape index (κ1) is 26.0. The molecule has 1 aromatic heterocycles. The van der Waals surface area contributed by atoms with Crippen molar-refractivity contribution in [3.8, 4) is 11.5 Å². The molecule has 0 bridgehead atoms. The molecule has 29 heavy (non-hydrogen) atoms. The van der Waals surface area contributed by atoms with Crippen LogP contribution in [0.4, 0.5) is 5.69 Å². The van der Waals surface area contributed by atoms with E-state index >= 15 is 0 Å². The van der Waals surface area contributed by atoms with Crippen LogP contribution in [0.5, 0.6) is 11.5 Å². The Morgan fingerprint density at radius 1 is 1.07 bits per heavy atom. The summed E-state index contributed by atoms with van der Waals surface area (Å²) in [6.07, 6.45) is 4.99. The molecule has 1 radical (unpaired) electrons. The van der Waals surface area contributed by atoms with Crippen LogP contribution >= 0.6 is 0 Å². The maximum atomic E-state index is 7.91. The third-order valence-electron chi connectivity index (χ3n) is 3.22. The van der Waals surface area contributed by atoms with Crippen LogP contribution in [0.25, 0.3) is 5.43 Å². The maximum Gasteiger partial charge on any atom is 0.305 e. The van der Waals surface area contributed by atoms with Crippen molar-refractivity contribution in [3.63, 3.8) is 0 Å². The number of benzene rings is 2. The Hall–Kier alpha value is -2.98. The summed E-state index contributed by atoms with van der Waals surface area (Å²) in [6, 6.07) is 20.6. The van der Waals surface area contributed by atoms with Crippen molar-refractivity contribution in [3.05, 3.63) is 90.1 Å². The fourth-order valence-corrected chi connectivity index (χ4v) is 2.14. The van der Waals surface area contributed by atoms with Crippen molar-refractivity contribution in [1.82, 2.24) is 4.98 Å². The number of methoxy groups -OCH3 is 1. The average molecular weight is 458 g/mol. The first-order valence-corrected chi connectivity index (χ1v) is 8.51. The third kappa shape index (κ3) is 9.67. The van der Waals surface area contributed by atoms with Gasteiger partial charge < -0.3 is 31.2 Å². The van der Waals surface area contributed by atoms with Gasteiger partial charge in [0, 0.05) is 41.1 Å². The minimum absolute atomic E-state index is 0. The van der Waals surface area contributed by atoms with E-state index in [2.05, 4.69) is 33.0 Å². The first-order chi connectivity index (χ1) is 13.2. The van der Waals surface area contributed by atoms with Crippen molar-refractivity contribution in [1.29, 1.82) is 0 Å². The van der Waals surface area contributed by atoms with Gasteiger partial charge in [-0.25, -0.2) is 0 Å². The monoisotopic (exact) mass is 458 g/mol. The number of pyridine rings is 1. The molecule has 155 valence electrons. The van der Waals surface area contributed by atoms with Crippen LogP contribution in [0.2, 0.25) is 0 Å². The Labute approximate surface area is 185 Å². The quantitative estimate of drug-likeness (QED) is 0.213. The first-order valence-electron chi connectivity index (χ1n) is 8.06. The number of para-hydroxylation sites is 2. The van der Waals surface area contributed by atoms with Crippen LogP contribution in [-0.2, 0) is 29.0 Å². The van der Waals surface area contributed by atoms with E-state index in [1.54, 1.807) is 30.6 Å². The number of nitrogens with one attached hydrogen (secondary N) is 1. The van der Waals surface area contributed by atoms with Gasteiger partial charge >= 0.3 is 5.75 Å². The molecule has 0 aliphatic rings. The van der Waals surface area contributed by atoms with Crippen LogP contribution in [0.1, 0.15) is 5.56 Å². The number of aromatic nitrogens is 1. The summed E-state index contributed by atoms with van der Waals surface area (Å²) in [5.41, 5.74) is 5.43. The zero-order valence-corrected chi connectivity index (χ0v) is 17.5. The topological polar surface area (TPSA) is 115 Å². The third-order valence-corrected chi connectivity index (χ3v) is 3.43. The summed E-state index contributed by atoms with van der Waals surface area (Å²) < 4.78 is 5.08. The molecular weight excluding hydrogens is 435 g/mol. The zero-order valence-electron chi connectivity index (χ0n) is 15.6. The number of hydrogen-bond donors (Lipinski definition) is 1. The summed E-state index contributed by atoms with van der Waals surface area (Å²) in [5.74, 6) is 0.770. The molecule has 2 aromatic carbocycles. The molecule has 3 rings (SSSR count). The predicted molar refractivity (Wildman–Crippen MR) is 119 cm³/mol. The Kier molecular flexibility index (Phi) is 13.5. The van der Waals surface area contributed by atoms with Gasteiger partial charge in [-0.3, -0.25) is 4.98 Å². The molecule has 5 N–H and O–H groups in total. The van der Waals surface area contributed by atoms with Crippen molar-refractivity contribution >= 4 is 29.2 Å². The number of anilines is 1. The summed E-state index contributed by atoms with van der Waals surface area (Å²) in [5, 5.41) is 15.2. The minimum atomic E-state index is 0. The normalized spacial score (nSPS) is 9.14. The summed E-state index contributed by atoms with van der Waals surface area (Å²) in [6.45, 7) is 0. The molecule has 0 fully saturated rings. The molecule has 0 aliphatic carbocycles. The van der Waals surface area contributed by atoms with Crippen LogP contribution in [0.3, 0.4) is 0 Å². The summed E-state index contributed by atoms with van der Waals surface area (Å²) in [4.78, 5) is 3.78. The van der Waals surface area contributed by atoms with E-state index in [9.17, 15) is 0 Å². The Morgan fingerprint density at radius 2 is 1.72 bits per heavy atom. The van der Waals surface area contributed by atoms with Gasteiger partial charge in [0.25, 0.3) is 0 Å². The Morgan fingerprint density at radius 3 is 2.28 bits per heavy atom. The Bertz CT molecular complexity index is 841. The second kappa shape index (κ2) is 15.0. The smallest absolute Gasteiger partial charge is 0.305 e. The van der Waals surface area contributed by atoms with Gasteiger partial charge in [-0.15, -0.1) is 0 Å². The van der Waals surface area contributed by atoms with Gasteiger partial charge in [0.1, 0.15) is 0 Å². The fourth-order valence-electron chi connectivity index (χ4n) is 1.96. The average Bonchev–Trinajstić information content (AvgIpc) is 2.72. The van der Waals surface area contributed by atoms with Crippen molar-refractivity contribution in [2.24, 2.45) is 5.10 Å². The number of ether oxygens (including phenoxy) is 1. The zero-order chi connectivity index (χ0) is 19.3. The molecule has 1 heterocycles. The van der Waals surface area contributed by atoms with Crippen molar-refractivity contribution < 1.29 is 32.1 Å². The second-order valence-corrected chi connectivity index (χ2v) is 5.53. The summed E-state index contributed by atoms with van der Waals surface area (Å²) >= 11 is 4.21. The number of rotatable bonds is 4. The van der Waals surface area contributed by atoms with Gasteiger partial charge in [-0.2, -0.15) is 0 Å². The Balaban J connectivity index is 0.000000843. The van der Waals surface area contributed by atoms with Crippen molar-refractivity contribution in [2.75, 3.05) is 12.4 Å². The molecule has 0 saturated carbocycles. The van der Waals surface area contributed by atoms with Crippen LogP contribution in [0.15, 0.2) is 84.2 Å². The van der Waals surface area contributed by atoms with Gasteiger partial charge in [0.05, 0.1) is 12.7 Å². The standard InChI is InChI=1S/C15H15N3O2S.C5H5N.Co.H2O/c1-20-13-9-5-6-11(14(13)19)10-16-18-15(21)17-12-7-3-2-4-8-12;1-2-4-6-5-3-1;;/h2-10H,1H3,(H3,16,17,18,19,21);1-5H;;1H2/p+1. The van der Waals surface area contributed by atoms with E-state index < -0.39 is 0 Å². The van der Waals surface area contributed by atoms with Crippen LogP contribution in [0, 0.1) is 0 Å². The van der Waals surface area contributed by atoms with E-state index in [1.807, 2.05) is 48.5 Å². The molecule has 0 aliphatic heterocycles. The number of hydrogen-bond acceptors (Lipinski definition) is 3. The van der Waals surface area contributed by atoms with E-state index in [0.717, 1.165) is 5.69 Å². The summed E-state index contributed by atoms with van der Waals surface area (Å²) in [7, 11) is 1.53. The second-order valence-electron chi connectivity index (χ2n) is 5.11. The van der Waals surface area contributed by atoms with E-state index in [4.69, 9.17) is 9.84 Å². The maximum absolute atomic E-state index is 7.91. The molecule has 3 aromatic rings. The van der Waals surface area contributed by atoms with Gasteiger partial charge in [0.2, 0.25) is 10.9 Å². The van der Waals surface area contributed by atoms with Crippen molar-refractivity contribution in [2.45, 2.75) is 0 Å². The molecule has 0 amide bonds. The molecule has 0 atom stereocenters. The van der Waals surface area contributed by atoms with Gasteiger partial charge in [-0.1, -0.05) is 30.3 Å². The minimum Gasteiger partial charge on any atom is -0.590 e. The SMILES string of the molecule is COc1cccc(/C=N/[N-]C(=[SH+])Nc2ccccc2)c1[OH2+].O.[Co].c1ccncc1. The number of nitrogens with zero attached hydrogens (tertiary/aromatic N) is 3. The van der Waals surface area contributed by atoms with Gasteiger partial charge in [0.15, 0.2) is 12.2 Å². The van der Waals surface area contributed by atoms with E-state index in [-0.39, 0.29) is 28.0 Å². The molecule has 0 unspecified atom stereocenters. The van der Waals surface area contributed by atoms with E-state index in [0.29, 0.717) is 16.4 Å². The van der Waals surface area contributed by atoms with E-state index in [1.165, 1.54) is 13.3 Å². The molecule has 0 saturated heterocycles.